The number of hydrogen-bond donors (Lipinski definition) is 1. The normalized spacial score (nSPS) is 15.1. The molecule has 0 aliphatic heterocycles. The van der Waals surface area contributed by atoms with Gasteiger partial charge in [0.15, 0.2) is 9.84 Å². The summed E-state index contributed by atoms with van der Waals surface area (Å²) in [6.45, 7) is 8.11. The Kier molecular flexibility index (Phi) is 4.78. The third kappa shape index (κ3) is 4.07. The molecule has 1 N–H and O–H groups in total. The van der Waals surface area contributed by atoms with Gasteiger partial charge in [-0.1, -0.05) is 6.92 Å². The van der Waals surface area contributed by atoms with Crippen LogP contribution in [0.1, 0.15) is 27.7 Å². The highest BCUT2D eigenvalue weighted by atomic mass is 32.2. The van der Waals surface area contributed by atoms with Crippen LogP contribution in [0.5, 0.6) is 0 Å². The number of sulfone groups is 1. The Balaban J connectivity index is 4.07. The van der Waals surface area contributed by atoms with Gasteiger partial charge in [0.25, 0.3) is 0 Å². The number of rotatable bonds is 5. The minimum atomic E-state index is -2.88. The Morgan fingerprint density at radius 3 is 2.08 bits per heavy atom. The van der Waals surface area contributed by atoms with Gasteiger partial charge in [0, 0.05) is 6.04 Å². The second-order valence-corrected chi connectivity index (χ2v) is 5.94. The van der Waals surface area contributed by atoms with Crippen molar-refractivity contribution in [1.29, 1.82) is 0 Å². The monoisotopic (exact) mass is 193 g/mol. The predicted molar refractivity (Wildman–Crippen MR) is 52.1 cm³/mol. The average Bonchev–Trinajstić information content (AvgIpc) is 1.85. The first-order chi connectivity index (χ1) is 5.40. The zero-order valence-electron chi connectivity index (χ0n) is 8.29. The molecule has 0 aromatic rings. The largest absolute Gasteiger partial charge is 0.314 e. The van der Waals surface area contributed by atoms with Crippen molar-refractivity contribution in [2.24, 2.45) is 0 Å². The maximum atomic E-state index is 11.4. The Hall–Kier alpha value is -0.0900. The first-order valence-electron chi connectivity index (χ1n) is 4.35. The molecule has 74 valence electrons. The van der Waals surface area contributed by atoms with Gasteiger partial charge in [-0.15, -0.1) is 0 Å². The van der Waals surface area contributed by atoms with E-state index in [0.29, 0.717) is 0 Å². The highest BCUT2D eigenvalue weighted by molar-refractivity contribution is 7.92. The molecule has 0 radical (unpaired) electrons. The highest BCUT2D eigenvalue weighted by Gasteiger charge is 2.18. The van der Waals surface area contributed by atoms with Gasteiger partial charge in [0.2, 0.25) is 0 Å². The highest BCUT2D eigenvalue weighted by Crippen LogP contribution is 2.02. The first-order valence-corrected chi connectivity index (χ1v) is 6.06. The van der Waals surface area contributed by atoms with E-state index < -0.39 is 9.84 Å². The molecule has 0 saturated carbocycles. The topological polar surface area (TPSA) is 46.2 Å². The Labute approximate surface area is 75.5 Å². The molecule has 1 atom stereocenters. The van der Waals surface area contributed by atoms with E-state index in [2.05, 4.69) is 5.32 Å². The van der Waals surface area contributed by atoms with Gasteiger partial charge in [0.05, 0.1) is 11.0 Å². The Morgan fingerprint density at radius 2 is 1.75 bits per heavy atom. The quantitative estimate of drug-likeness (QED) is 0.703. The summed E-state index contributed by atoms with van der Waals surface area (Å²) in [5, 5.41) is 2.81. The Bertz CT molecular complexity index is 209. The molecule has 0 rings (SSSR count). The lowest BCUT2D eigenvalue weighted by Gasteiger charge is -2.14. The van der Waals surface area contributed by atoms with Crippen LogP contribution >= 0.6 is 0 Å². The molecule has 1 unspecified atom stereocenters. The Morgan fingerprint density at radius 1 is 1.25 bits per heavy atom. The second-order valence-electron chi connectivity index (χ2n) is 3.34. The van der Waals surface area contributed by atoms with E-state index >= 15 is 0 Å². The maximum Gasteiger partial charge on any atom is 0.154 e. The average molecular weight is 193 g/mol. The number of nitrogens with one attached hydrogen (secondary N) is 1. The van der Waals surface area contributed by atoms with Crippen molar-refractivity contribution in [1.82, 2.24) is 5.32 Å². The van der Waals surface area contributed by atoms with Gasteiger partial charge >= 0.3 is 0 Å². The van der Waals surface area contributed by atoms with Gasteiger partial charge in [-0.25, -0.2) is 8.42 Å². The molecule has 0 bridgehead atoms. The van der Waals surface area contributed by atoms with Crippen molar-refractivity contribution >= 4 is 9.84 Å². The van der Waals surface area contributed by atoms with Crippen molar-refractivity contribution in [3.8, 4) is 0 Å². The fourth-order valence-corrected chi connectivity index (χ4v) is 2.15. The molecule has 3 nitrogen and oxygen atoms in total. The van der Waals surface area contributed by atoms with E-state index in [1.54, 1.807) is 13.8 Å². The zero-order chi connectivity index (χ0) is 9.78. The molecule has 0 fully saturated rings. The maximum absolute atomic E-state index is 11.4. The van der Waals surface area contributed by atoms with E-state index in [1.807, 2.05) is 13.8 Å². The third-order valence-electron chi connectivity index (χ3n) is 1.75. The lowest BCUT2D eigenvalue weighted by Crippen LogP contribution is -2.35. The van der Waals surface area contributed by atoms with Gasteiger partial charge in [-0.3, -0.25) is 0 Å². The minimum Gasteiger partial charge on any atom is -0.314 e. The molecule has 0 aliphatic carbocycles. The summed E-state index contributed by atoms with van der Waals surface area (Å²) in [4.78, 5) is 0. The number of hydrogen-bond acceptors (Lipinski definition) is 3. The zero-order valence-corrected chi connectivity index (χ0v) is 9.11. The minimum absolute atomic E-state index is 0.0578. The van der Waals surface area contributed by atoms with Crippen molar-refractivity contribution in [2.75, 3.05) is 12.3 Å². The van der Waals surface area contributed by atoms with E-state index in [4.69, 9.17) is 0 Å². The second kappa shape index (κ2) is 4.82. The van der Waals surface area contributed by atoms with Gasteiger partial charge in [-0.05, 0) is 27.3 Å². The molecular weight excluding hydrogens is 174 g/mol. The van der Waals surface area contributed by atoms with E-state index in [0.717, 1.165) is 6.54 Å². The molecule has 0 aliphatic rings. The summed E-state index contributed by atoms with van der Waals surface area (Å²) in [6, 6.07) is 0.0578. The summed E-state index contributed by atoms with van der Waals surface area (Å²) < 4.78 is 22.8. The van der Waals surface area contributed by atoms with Crippen LogP contribution in [0.4, 0.5) is 0 Å². The molecule has 0 amide bonds. The predicted octanol–water partition coefficient (Wildman–Crippen LogP) is 0.808. The smallest absolute Gasteiger partial charge is 0.154 e. The van der Waals surface area contributed by atoms with Crippen molar-refractivity contribution in [3.05, 3.63) is 0 Å². The van der Waals surface area contributed by atoms with Crippen LogP contribution in [0, 0.1) is 0 Å². The summed E-state index contributed by atoms with van der Waals surface area (Å²) in [7, 11) is -2.88. The van der Waals surface area contributed by atoms with Gasteiger partial charge < -0.3 is 5.32 Å². The van der Waals surface area contributed by atoms with Crippen LogP contribution in [0.3, 0.4) is 0 Å². The third-order valence-corrected chi connectivity index (χ3v) is 4.15. The van der Waals surface area contributed by atoms with Gasteiger partial charge in [-0.2, -0.15) is 0 Å². The molecule has 0 saturated heterocycles. The van der Waals surface area contributed by atoms with Gasteiger partial charge in [0.1, 0.15) is 0 Å². The first kappa shape index (κ1) is 11.9. The lowest BCUT2D eigenvalue weighted by molar-refractivity contribution is 0.559. The summed E-state index contributed by atoms with van der Waals surface area (Å²) >= 11 is 0. The van der Waals surface area contributed by atoms with Crippen molar-refractivity contribution in [2.45, 2.75) is 39.0 Å². The molecule has 4 heteroatoms. The fraction of sp³-hybridized carbons (Fsp3) is 1.00. The molecule has 0 heterocycles. The van der Waals surface area contributed by atoms with Crippen molar-refractivity contribution in [3.63, 3.8) is 0 Å². The van der Waals surface area contributed by atoms with E-state index in [9.17, 15) is 8.42 Å². The van der Waals surface area contributed by atoms with E-state index in [1.165, 1.54) is 0 Å². The fourth-order valence-electron chi connectivity index (χ4n) is 0.948. The molecule has 12 heavy (non-hydrogen) atoms. The van der Waals surface area contributed by atoms with Crippen LogP contribution in [0.15, 0.2) is 0 Å². The SMILES string of the molecule is CCNC(C)CS(=O)(=O)C(C)C. The standard InChI is InChI=1S/C8H19NO2S/c1-5-9-8(4)6-12(10,11)7(2)3/h7-9H,5-6H2,1-4H3. The molecule has 0 aromatic heterocycles. The summed E-state index contributed by atoms with van der Waals surface area (Å²) in [5.41, 5.74) is 0. The van der Waals surface area contributed by atoms with Crippen molar-refractivity contribution < 1.29 is 8.42 Å². The molecule has 0 spiro atoms. The lowest BCUT2D eigenvalue weighted by atomic mass is 10.4. The molecular formula is C8H19NO2S. The van der Waals surface area contributed by atoms with Crippen LogP contribution in [-0.4, -0.2) is 32.0 Å². The van der Waals surface area contributed by atoms with Crippen LogP contribution < -0.4 is 5.32 Å². The van der Waals surface area contributed by atoms with Crippen LogP contribution in [0.2, 0.25) is 0 Å². The van der Waals surface area contributed by atoms with Crippen LogP contribution in [0.25, 0.3) is 0 Å². The molecule has 0 aromatic carbocycles. The van der Waals surface area contributed by atoms with E-state index in [-0.39, 0.29) is 17.0 Å². The summed E-state index contributed by atoms with van der Waals surface area (Å²) in [5.74, 6) is 0.235. The summed E-state index contributed by atoms with van der Waals surface area (Å²) in [6.07, 6.45) is 0. The van der Waals surface area contributed by atoms with Crippen LogP contribution in [-0.2, 0) is 9.84 Å².